The lowest BCUT2D eigenvalue weighted by atomic mass is 10.1. The Bertz CT molecular complexity index is 966. The van der Waals surface area contributed by atoms with Gasteiger partial charge in [-0.1, -0.05) is 12.1 Å². The van der Waals surface area contributed by atoms with Crippen LogP contribution in [-0.2, 0) is 19.8 Å². The molecule has 2 aromatic heterocycles. The molecule has 0 radical (unpaired) electrons. The Hall–Kier alpha value is -2.68. The summed E-state index contributed by atoms with van der Waals surface area (Å²) in [4.78, 5) is 9.06. The Kier molecular flexibility index (Phi) is 5.43. The summed E-state index contributed by atoms with van der Waals surface area (Å²) in [5, 5.41) is 36.5. The van der Waals surface area contributed by atoms with E-state index in [9.17, 15) is 15.3 Å². The molecule has 3 aromatic rings. The molecule has 0 atom stereocenters. The van der Waals surface area contributed by atoms with Crippen molar-refractivity contribution in [1.29, 1.82) is 0 Å². The van der Waals surface area contributed by atoms with Crippen LogP contribution in [0.15, 0.2) is 30.5 Å². The molecule has 28 heavy (non-hydrogen) atoms. The van der Waals surface area contributed by atoms with Gasteiger partial charge in [-0.05, 0) is 38.1 Å². The number of hydrogen-bond acceptors (Lipinski definition) is 7. The van der Waals surface area contributed by atoms with E-state index in [1.54, 1.807) is 0 Å². The number of pyridine rings is 1. The molecule has 148 valence electrons. The summed E-state index contributed by atoms with van der Waals surface area (Å²) < 4.78 is 2.00. The van der Waals surface area contributed by atoms with Crippen molar-refractivity contribution in [1.82, 2.24) is 19.9 Å². The van der Waals surface area contributed by atoms with E-state index in [1.807, 2.05) is 28.8 Å². The maximum absolute atomic E-state index is 10.6. The summed E-state index contributed by atoms with van der Waals surface area (Å²) in [6.07, 6.45) is 3.54. The van der Waals surface area contributed by atoms with E-state index in [4.69, 9.17) is 4.98 Å². The van der Waals surface area contributed by atoms with Crippen LogP contribution in [0, 0.1) is 0 Å². The normalized spacial score (nSPS) is 15.2. The predicted molar refractivity (Wildman–Crippen MR) is 106 cm³/mol. The minimum atomic E-state index is -0.359. The van der Waals surface area contributed by atoms with Gasteiger partial charge >= 0.3 is 0 Å². The van der Waals surface area contributed by atoms with E-state index < -0.39 is 0 Å². The van der Waals surface area contributed by atoms with Crippen molar-refractivity contribution in [3.63, 3.8) is 0 Å². The number of nitrogens with one attached hydrogen (secondary N) is 2. The maximum Gasteiger partial charge on any atom is 0.204 e. The Morgan fingerprint density at radius 3 is 2.68 bits per heavy atom. The first kappa shape index (κ1) is 18.7. The number of anilines is 1. The number of nitrogens with zero attached hydrogens (tertiary/aromatic N) is 3. The summed E-state index contributed by atoms with van der Waals surface area (Å²) >= 11 is 0. The van der Waals surface area contributed by atoms with Gasteiger partial charge < -0.3 is 30.5 Å². The fourth-order valence-electron chi connectivity index (χ4n) is 3.69. The average molecular weight is 383 g/mol. The predicted octanol–water partition coefficient (Wildman–Crippen LogP) is 1.33. The molecule has 1 saturated heterocycles. The summed E-state index contributed by atoms with van der Waals surface area (Å²) in [5.74, 6) is 0.658. The van der Waals surface area contributed by atoms with Gasteiger partial charge in [-0.15, -0.1) is 0 Å². The minimum absolute atomic E-state index is 0.0837. The standard InChI is InChI=1S/C20H25N5O3/c26-11-13-9-22-17(19(28)15(13)12-27)10-25-18-4-2-1-3-16(18)24-20(25)23-14-5-7-21-8-6-14/h1-4,9,14,21,26-28H,5-8,10-12H2,(H,23,24). The summed E-state index contributed by atoms with van der Waals surface area (Å²) in [7, 11) is 0. The number of aliphatic hydroxyl groups excluding tert-OH is 2. The molecule has 0 amide bonds. The molecule has 0 aliphatic carbocycles. The van der Waals surface area contributed by atoms with Crippen molar-refractivity contribution in [3.8, 4) is 5.75 Å². The van der Waals surface area contributed by atoms with Crippen molar-refractivity contribution in [2.24, 2.45) is 0 Å². The Morgan fingerprint density at radius 2 is 1.93 bits per heavy atom. The Morgan fingerprint density at radius 1 is 1.14 bits per heavy atom. The number of benzene rings is 1. The number of hydrogen-bond donors (Lipinski definition) is 5. The molecule has 4 rings (SSSR count). The monoisotopic (exact) mass is 383 g/mol. The molecule has 3 heterocycles. The van der Waals surface area contributed by atoms with Crippen molar-refractivity contribution in [2.45, 2.75) is 38.6 Å². The molecule has 1 fully saturated rings. The highest BCUT2D eigenvalue weighted by Crippen LogP contribution is 2.28. The van der Waals surface area contributed by atoms with Gasteiger partial charge in [-0.2, -0.15) is 0 Å². The fourth-order valence-corrected chi connectivity index (χ4v) is 3.69. The number of rotatable bonds is 6. The SMILES string of the molecule is OCc1cnc(Cn2c(NC3CCNCC3)nc3ccccc32)c(O)c1CO. The molecule has 1 aliphatic rings. The highest BCUT2D eigenvalue weighted by molar-refractivity contribution is 5.78. The lowest BCUT2D eigenvalue weighted by Gasteiger charge is -2.24. The molecule has 0 spiro atoms. The summed E-state index contributed by atoms with van der Waals surface area (Å²) in [6, 6.07) is 8.19. The second-order valence-electron chi connectivity index (χ2n) is 7.05. The van der Waals surface area contributed by atoms with E-state index >= 15 is 0 Å². The van der Waals surface area contributed by atoms with Gasteiger partial charge in [0.05, 0.1) is 30.8 Å². The van der Waals surface area contributed by atoms with Crippen LogP contribution in [-0.4, -0.2) is 49.0 Å². The molecule has 1 aromatic carbocycles. The number of aromatic hydroxyl groups is 1. The average Bonchev–Trinajstić information content (AvgIpc) is 3.07. The smallest absolute Gasteiger partial charge is 0.204 e. The third kappa shape index (κ3) is 3.54. The summed E-state index contributed by atoms with van der Waals surface area (Å²) in [5.41, 5.74) is 2.97. The molecule has 1 aliphatic heterocycles. The quantitative estimate of drug-likeness (QED) is 0.436. The molecular formula is C20H25N5O3. The third-order valence-electron chi connectivity index (χ3n) is 5.29. The fraction of sp³-hybridized carbons (Fsp3) is 0.400. The van der Waals surface area contributed by atoms with Crippen LogP contribution in [0.1, 0.15) is 29.7 Å². The van der Waals surface area contributed by atoms with Crippen LogP contribution < -0.4 is 10.6 Å². The highest BCUT2D eigenvalue weighted by atomic mass is 16.3. The van der Waals surface area contributed by atoms with Crippen LogP contribution in [0.4, 0.5) is 5.95 Å². The number of para-hydroxylation sites is 2. The molecule has 8 heteroatoms. The van der Waals surface area contributed by atoms with E-state index in [2.05, 4.69) is 15.6 Å². The Balaban J connectivity index is 1.72. The molecule has 8 nitrogen and oxygen atoms in total. The zero-order valence-electron chi connectivity index (χ0n) is 15.6. The van der Waals surface area contributed by atoms with Gasteiger partial charge in [0.1, 0.15) is 11.4 Å². The number of imidazole rings is 1. The van der Waals surface area contributed by atoms with Gasteiger partial charge in [-0.25, -0.2) is 4.98 Å². The molecular weight excluding hydrogens is 358 g/mol. The minimum Gasteiger partial charge on any atom is -0.506 e. The van der Waals surface area contributed by atoms with Crippen molar-refractivity contribution >= 4 is 17.0 Å². The van der Waals surface area contributed by atoms with Crippen molar-refractivity contribution in [2.75, 3.05) is 18.4 Å². The second kappa shape index (κ2) is 8.14. The van der Waals surface area contributed by atoms with Gasteiger partial charge in [0.25, 0.3) is 0 Å². The van der Waals surface area contributed by atoms with E-state index in [-0.39, 0.29) is 19.0 Å². The zero-order chi connectivity index (χ0) is 19.5. The van der Waals surface area contributed by atoms with Crippen LogP contribution in [0.3, 0.4) is 0 Å². The lowest BCUT2D eigenvalue weighted by Crippen LogP contribution is -2.36. The van der Waals surface area contributed by atoms with Crippen LogP contribution in [0.25, 0.3) is 11.0 Å². The first-order chi connectivity index (χ1) is 13.7. The maximum atomic E-state index is 10.6. The summed E-state index contributed by atoms with van der Waals surface area (Å²) in [6.45, 7) is 1.61. The Labute approximate surface area is 162 Å². The third-order valence-corrected chi connectivity index (χ3v) is 5.29. The van der Waals surface area contributed by atoms with E-state index in [0.717, 1.165) is 42.9 Å². The molecule has 0 saturated carbocycles. The first-order valence-corrected chi connectivity index (χ1v) is 9.54. The van der Waals surface area contributed by atoms with Crippen LogP contribution in [0.5, 0.6) is 5.75 Å². The van der Waals surface area contributed by atoms with E-state index in [0.29, 0.717) is 29.4 Å². The van der Waals surface area contributed by atoms with Gasteiger partial charge in [0, 0.05) is 23.4 Å². The molecule has 0 unspecified atom stereocenters. The van der Waals surface area contributed by atoms with E-state index in [1.165, 1.54) is 6.20 Å². The second-order valence-corrected chi connectivity index (χ2v) is 7.05. The number of aliphatic hydroxyl groups is 2. The largest absolute Gasteiger partial charge is 0.506 e. The topological polar surface area (TPSA) is 115 Å². The molecule has 5 N–H and O–H groups in total. The van der Waals surface area contributed by atoms with Crippen molar-refractivity contribution in [3.05, 3.63) is 47.3 Å². The van der Waals surface area contributed by atoms with Crippen molar-refractivity contribution < 1.29 is 15.3 Å². The molecule has 0 bridgehead atoms. The van der Waals surface area contributed by atoms with Gasteiger partial charge in [-0.3, -0.25) is 4.98 Å². The number of piperidine rings is 1. The first-order valence-electron chi connectivity index (χ1n) is 9.54. The zero-order valence-corrected chi connectivity index (χ0v) is 15.6. The number of aromatic nitrogens is 3. The van der Waals surface area contributed by atoms with Gasteiger partial charge in [0.15, 0.2) is 0 Å². The van der Waals surface area contributed by atoms with Crippen LogP contribution >= 0.6 is 0 Å². The van der Waals surface area contributed by atoms with Gasteiger partial charge in [0.2, 0.25) is 5.95 Å². The highest BCUT2D eigenvalue weighted by Gasteiger charge is 2.20. The number of fused-ring (bicyclic) bond motifs is 1. The lowest BCUT2D eigenvalue weighted by molar-refractivity contribution is 0.253. The van der Waals surface area contributed by atoms with Crippen LogP contribution in [0.2, 0.25) is 0 Å².